The highest BCUT2D eigenvalue weighted by molar-refractivity contribution is 9.10. The summed E-state index contributed by atoms with van der Waals surface area (Å²) in [6, 6.07) is 5.65. The van der Waals surface area contributed by atoms with Crippen molar-refractivity contribution in [1.82, 2.24) is 4.98 Å². The van der Waals surface area contributed by atoms with Crippen LogP contribution in [0.5, 0.6) is 0 Å². The largest absolute Gasteiger partial charge is 0.325 e. The van der Waals surface area contributed by atoms with E-state index in [0.29, 0.717) is 11.6 Å². The van der Waals surface area contributed by atoms with Crippen molar-refractivity contribution in [3.63, 3.8) is 0 Å². The zero-order valence-electron chi connectivity index (χ0n) is 7.71. The molecule has 2 nitrogen and oxygen atoms in total. The zero-order chi connectivity index (χ0) is 10.8. The van der Waals surface area contributed by atoms with Gasteiger partial charge in [0.1, 0.15) is 5.01 Å². The van der Waals surface area contributed by atoms with E-state index >= 15 is 0 Å². The Morgan fingerprint density at radius 2 is 2.27 bits per heavy atom. The highest BCUT2D eigenvalue weighted by atomic mass is 79.9. The van der Waals surface area contributed by atoms with Crippen molar-refractivity contribution in [2.24, 2.45) is 5.73 Å². The molecule has 1 aromatic carbocycles. The molecule has 0 aliphatic heterocycles. The summed E-state index contributed by atoms with van der Waals surface area (Å²) in [7, 11) is 0. The molecule has 5 heteroatoms. The van der Waals surface area contributed by atoms with Crippen LogP contribution in [0.2, 0.25) is 5.02 Å². The lowest BCUT2D eigenvalue weighted by atomic mass is 10.2. The molecule has 0 saturated carbocycles. The molecular weight excluding hydrogens is 296 g/mol. The Morgan fingerprint density at radius 3 is 2.93 bits per heavy atom. The molecule has 0 atom stereocenters. The third kappa shape index (κ3) is 2.39. The van der Waals surface area contributed by atoms with Gasteiger partial charge >= 0.3 is 0 Å². The number of rotatable bonds is 2. The van der Waals surface area contributed by atoms with Gasteiger partial charge in [0.2, 0.25) is 0 Å². The van der Waals surface area contributed by atoms with Crippen LogP contribution in [0.4, 0.5) is 0 Å². The minimum atomic E-state index is 0.467. The first kappa shape index (κ1) is 11.1. The molecule has 0 saturated heterocycles. The highest BCUT2D eigenvalue weighted by Crippen LogP contribution is 2.32. The lowest BCUT2D eigenvalue weighted by Crippen LogP contribution is -1.95. The van der Waals surface area contributed by atoms with Crippen molar-refractivity contribution in [2.75, 3.05) is 0 Å². The van der Waals surface area contributed by atoms with Crippen LogP contribution in [-0.4, -0.2) is 4.98 Å². The van der Waals surface area contributed by atoms with E-state index in [1.54, 1.807) is 11.3 Å². The van der Waals surface area contributed by atoms with E-state index in [-0.39, 0.29) is 0 Å². The Kier molecular flexibility index (Phi) is 3.41. The summed E-state index contributed by atoms with van der Waals surface area (Å²) in [5.74, 6) is 0. The molecule has 0 spiro atoms. The first-order valence-corrected chi connectivity index (χ1v) is 6.35. The minimum Gasteiger partial charge on any atom is -0.325 e. The van der Waals surface area contributed by atoms with Crippen LogP contribution in [0.3, 0.4) is 0 Å². The Bertz CT molecular complexity index is 484. The van der Waals surface area contributed by atoms with Crippen molar-refractivity contribution in [1.29, 1.82) is 0 Å². The first-order chi connectivity index (χ1) is 7.20. The van der Waals surface area contributed by atoms with Gasteiger partial charge in [0.05, 0.1) is 5.69 Å². The van der Waals surface area contributed by atoms with E-state index in [2.05, 4.69) is 20.9 Å². The summed E-state index contributed by atoms with van der Waals surface area (Å²) < 4.78 is 0.991. The maximum absolute atomic E-state index is 5.94. The maximum atomic E-state index is 5.94. The van der Waals surface area contributed by atoms with Crippen LogP contribution in [0.1, 0.15) is 5.69 Å². The fraction of sp³-hybridized carbons (Fsp3) is 0.100. The van der Waals surface area contributed by atoms with E-state index in [4.69, 9.17) is 17.3 Å². The van der Waals surface area contributed by atoms with Crippen LogP contribution >= 0.6 is 38.9 Å². The van der Waals surface area contributed by atoms with E-state index in [1.807, 2.05) is 23.6 Å². The number of hydrogen-bond acceptors (Lipinski definition) is 3. The fourth-order valence-corrected chi connectivity index (χ4v) is 2.79. The lowest BCUT2D eigenvalue weighted by Gasteiger charge is -2.00. The minimum absolute atomic E-state index is 0.467. The lowest BCUT2D eigenvalue weighted by molar-refractivity contribution is 1.01. The molecule has 0 aliphatic carbocycles. The molecule has 0 aliphatic rings. The van der Waals surface area contributed by atoms with E-state index in [1.165, 1.54) is 0 Å². The smallest absolute Gasteiger partial charge is 0.124 e. The van der Waals surface area contributed by atoms with Crippen molar-refractivity contribution in [3.05, 3.63) is 38.8 Å². The Hall–Kier alpha value is -0.420. The second-order valence-electron chi connectivity index (χ2n) is 2.97. The molecule has 2 rings (SSSR count). The predicted molar refractivity (Wildman–Crippen MR) is 68.2 cm³/mol. The summed E-state index contributed by atoms with van der Waals surface area (Å²) in [5.41, 5.74) is 7.43. The second-order valence-corrected chi connectivity index (χ2v) is 5.12. The van der Waals surface area contributed by atoms with Gasteiger partial charge in [0, 0.05) is 27.0 Å². The summed E-state index contributed by atoms with van der Waals surface area (Å²) in [6.45, 7) is 0.467. The van der Waals surface area contributed by atoms with Crippen LogP contribution in [0.25, 0.3) is 10.6 Å². The molecule has 1 aromatic heterocycles. The van der Waals surface area contributed by atoms with E-state index < -0.39 is 0 Å². The van der Waals surface area contributed by atoms with Gasteiger partial charge in [-0.3, -0.25) is 0 Å². The van der Waals surface area contributed by atoms with Crippen LogP contribution < -0.4 is 5.73 Å². The zero-order valence-corrected chi connectivity index (χ0v) is 10.9. The van der Waals surface area contributed by atoms with Gasteiger partial charge in [-0.15, -0.1) is 11.3 Å². The number of nitrogens with zero attached hydrogens (tertiary/aromatic N) is 1. The monoisotopic (exact) mass is 302 g/mol. The normalized spacial score (nSPS) is 10.6. The number of thiazole rings is 1. The maximum Gasteiger partial charge on any atom is 0.124 e. The molecule has 15 heavy (non-hydrogen) atoms. The van der Waals surface area contributed by atoms with Gasteiger partial charge in [-0.2, -0.15) is 0 Å². The topological polar surface area (TPSA) is 38.9 Å². The van der Waals surface area contributed by atoms with Crippen LogP contribution in [0, 0.1) is 0 Å². The van der Waals surface area contributed by atoms with E-state index in [0.717, 1.165) is 20.7 Å². The molecule has 1 heterocycles. The summed E-state index contributed by atoms with van der Waals surface area (Å²) >= 11 is 11.0. The third-order valence-electron chi connectivity index (χ3n) is 1.92. The third-order valence-corrected chi connectivity index (χ3v) is 3.77. The van der Waals surface area contributed by atoms with Gasteiger partial charge in [0.25, 0.3) is 0 Å². The van der Waals surface area contributed by atoms with Crippen molar-refractivity contribution < 1.29 is 0 Å². The van der Waals surface area contributed by atoms with Crippen molar-refractivity contribution in [3.8, 4) is 10.6 Å². The summed E-state index contributed by atoms with van der Waals surface area (Å²) in [4.78, 5) is 4.41. The van der Waals surface area contributed by atoms with Gasteiger partial charge in [-0.05, 0) is 18.2 Å². The quantitative estimate of drug-likeness (QED) is 0.919. The van der Waals surface area contributed by atoms with E-state index in [9.17, 15) is 0 Å². The predicted octanol–water partition coefficient (Wildman–Crippen LogP) is 3.68. The molecule has 2 N–H and O–H groups in total. The summed E-state index contributed by atoms with van der Waals surface area (Å²) in [6.07, 6.45) is 0. The molecular formula is C10H8BrClN2S. The van der Waals surface area contributed by atoms with Crippen LogP contribution in [0.15, 0.2) is 28.1 Å². The Balaban J connectivity index is 2.48. The number of hydrogen-bond donors (Lipinski definition) is 1. The van der Waals surface area contributed by atoms with Crippen LogP contribution in [-0.2, 0) is 6.54 Å². The standard InChI is InChI=1S/C10H8BrClN2S/c11-9-2-1-6(12)3-8(9)10-14-7(4-13)5-15-10/h1-3,5H,4,13H2. The molecule has 0 bridgehead atoms. The van der Waals surface area contributed by atoms with Gasteiger partial charge in [-0.25, -0.2) is 4.98 Å². The number of nitrogens with two attached hydrogens (primary N) is 1. The number of aromatic nitrogens is 1. The Labute approximate surface area is 105 Å². The van der Waals surface area contributed by atoms with Gasteiger partial charge < -0.3 is 5.73 Å². The molecule has 0 unspecified atom stereocenters. The molecule has 0 amide bonds. The van der Waals surface area contributed by atoms with Crippen molar-refractivity contribution >= 4 is 38.9 Å². The average molecular weight is 304 g/mol. The second kappa shape index (κ2) is 4.61. The Morgan fingerprint density at radius 1 is 1.47 bits per heavy atom. The average Bonchev–Trinajstić information content (AvgIpc) is 2.70. The number of benzene rings is 1. The van der Waals surface area contributed by atoms with Crippen molar-refractivity contribution in [2.45, 2.75) is 6.54 Å². The highest BCUT2D eigenvalue weighted by Gasteiger charge is 2.08. The summed E-state index contributed by atoms with van der Waals surface area (Å²) in [5, 5.41) is 3.60. The number of halogens is 2. The SMILES string of the molecule is NCc1csc(-c2cc(Cl)ccc2Br)n1. The van der Waals surface area contributed by atoms with Gasteiger partial charge in [0.15, 0.2) is 0 Å². The molecule has 0 fully saturated rings. The first-order valence-electron chi connectivity index (χ1n) is 4.30. The van der Waals surface area contributed by atoms with Gasteiger partial charge in [-0.1, -0.05) is 27.5 Å². The molecule has 78 valence electrons. The molecule has 2 aromatic rings. The molecule has 0 radical (unpaired) electrons. The fourth-order valence-electron chi connectivity index (χ4n) is 1.19.